The molecule has 1 aromatic carbocycles. The van der Waals surface area contributed by atoms with Crippen LogP contribution in [-0.2, 0) is 0 Å². The highest BCUT2D eigenvalue weighted by Gasteiger charge is 2.14. The number of nitrogens with zero attached hydrogens (tertiary/aromatic N) is 1. The predicted octanol–water partition coefficient (Wildman–Crippen LogP) is 3.66. The fourth-order valence-corrected chi connectivity index (χ4v) is 2.88. The van der Waals surface area contributed by atoms with Crippen molar-refractivity contribution in [1.29, 1.82) is 0 Å². The van der Waals surface area contributed by atoms with Crippen LogP contribution in [0.2, 0.25) is 0 Å². The van der Waals surface area contributed by atoms with E-state index in [1.807, 2.05) is 30.3 Å². The van der Waals surface area contributed by atoms with Gasteiger partial charge in [0, 0.05) is 15.1 Å². The number of methoxy groups -OCH3 is 1. The van der Waals surface area contributed by atoms with Gasteiger partial charge in [-0.3, -0.25) is 4.98 Å². The van der Waals surface area contributed by atoms with Crippen LogP contribution in [0.5, 0.6) is 5.75 Å². The smallest absolute Gasteiger partial charge is 0.119 e. The molecule has 0 spiro atoms. The molecule has 0 aliphatic heterocycles. The number of benzene rings is 1. The van der Waals surface area contributed by atoms with Gasteiger partial charge in [-0.05, 0) is 55.6 Å². The van der Waals surface area contributed by atoms with Gasteiger partial charge in [-0.1, -0.05) is 12.1 Å². The van der Waals surface area contributed by atoms with E-state index in [1.165, 1.54) is 0 Å². The number of hydrogen-bond acceptors (Lipinski definition) is 3. The summed E-state index contributed by atoms with van der Waals surface area (Å²) >= 11 is 6.85. The fourth-order valence-electron chi connectivity index (χ4n) is 1.65. The quantitative estimate of drug-likeness (QED) is 0.895. The van der Waals surface area contributed by atoms with Crippen LogP contribution in [-0.4, -0.2) is 12.1 Å². The van der Waals surface area contributed by atoms with Crippen LogP contribution in [0.25, 0.3) is 0 Å². The average molecular weight is 372 g/mol. The summed E-state index contributed by atoms with van der Waals surface area (Å²) in [5, 5.41) is 0. The monoisotopic (exact) mass is 370 g/mol. The van der Waals surface area contributed by atoms with E-state index in [9.17, 15) is 0 Å². The minimum atomic E-state index is -0.289. The lowest BCUT2D eigenvalue weighted by Crippen LogP contribution is -2.14. The molecule has 5 heteroatoms. The first-order valence-corrected chi connectivity index (χ1v) is 6.91. The van der Waals surface area contributed by atoms with Crippen LogP contribution < -0.4 is 10.5 Å². The molecular weight excluding hydrogens is 360 g/mol. The van der Waals surface area contributed by atoms with Crippen LogP contribution >= 0.6 is 31.9 Å². The molecule has 0 saturated heterocycles. The standard InChI is InChI=1S/C13H12Br2N2O/c1-18-10-4-2-3-8(5-10)12(16)13-11(15)6-9(14)7-17-13/h2-7,12H,16H2,1H3. The molecule has 0 fully saturated rings. The Morgan fingerprint density at radius 3 is 2.72 bits per heavy atom. The summed E-state index contributed by atoms with van der Waals surface area (Å²) in [5.74, 6) is 0.788. The molecule has 2 N–H and O–H groups in total. The first-order valence-electron chi connectivity index (χ1n) is 5.32. The summed E-state index contributed by atoms with van der Waals surface area (Å²) in [6.07, 6.45) is 1.74. The molecule has 1 heterocycles. The van der Waals surface area contributed by atoms with Gasteiger partial charge in [0.25, 0.3) is 0 Å². The van der Waals surface area contributed by atoms with Crippen molar-refractivity contribution in [1.82, 2.24) is 4.98 Å². The Labute approximate surface area is 123 Å². The Morgan fingerprint density at radius 2 is 2.06 bits per heavy atom. The Bertz CT molecular complexity index is 560. The normalized spacial score (nSPS) is 12.2. The maximum Gasteiger partial charge on any atom is 0.119 e. The third kappa shape index (κ3) is 2.91. The molecule has 18 heavy (non-hydrogen) atoms. The van der Waals surface area contributed by atoms with E-state index in [-0.39, 0.29) is 6.04 Å². The minimum absolute atomic E-state index is 0.289. The van der Waals surface area contributed by atoms with Crippen molar-refractivity contribution in [2.24, 2.45) is 5.73 Å². The number of hydrogen-bond donors (Lipinski definition) is 1. The highest BCUT2D eigenvalue weighted by molar-refractivity contribution is 9.11. The lowest BCUT2D eigenvalue weighted by Gasteiger charge is -2.14. The molecule has 94 valence electrons. The molecule has 1 unspecified atom stereocenters. The molecule has 3 nitrogen and oxygen atoms in total. The molecule has 0 bridgehead atoms. The zero-order valence-electron chi connectivity index (χ0n) is 9.73. The van der Waals surface area contributed by atoms with Crippen LogP contribution in [0.3, 0.4) is 0 Å². The number of rotatable bonds is 3. The largest absolute Gasteiger partial charge is 0.497 e. The first kappa shape index (κ1) is 13.5. The van der Waals surface area contributed by atoms with Crippen molar-refractivity contribution < 1.29 is 4.74 Å². The van der Waals surface area contributed by atoms with Gasteiger partial charge in [0.2, 0.25) is 0 Å². The lowest BCUT2D eigenvalue weighted by molar-refractivity contribution is 0.414. The van der Waals surface area contributed by atoms with Crippen molar-refractivity contribution in [2.75, 3.05) is 7.11 Å². The van der Waals surface area contributed by atoms with Crippen molar-refractivity contribution >= 4 is 31.9 Å². The number of nitrogens with two attached hydrogens (primary N) is 1. The third-order valence-electron chi connectivity index (χ3n) is 2.58. The highest BCUT2D eigenvalue weighted by Crippen LogP contribution is 2.28. The Morgan fingerprint density at radius 1 is 1.28 bits per heavy atom. The second-order valence-electron chi connectivity index (χ2n) is 3.77. The molecule has 0 aliphatic carbocycles. The molecule has 2 aromatic rings. The summed E-state index contributed by atoms with van der Waals surface area (Å²) in [4.78, 5) is 4.35. The molecule has 0 saturated carbocycles. The van der Waals surface area contributed by atoms with E-state index >= 15 is 0 Å². The topological polar surface area (TPSA) is 48.1 Å². The van der Waals surface area contributed by atoms with Crippen LogP contribution in [0.4, 0.5) is 0 Å². The predicted molar refractivity (Wildman–Crippen MR) is 78.7 cm³/mol. The van der Waals surface area contributed by atoms with Crippen LogP contribution in [0.1, 0.15) is 17.3 Å². The molecular formula is C13H12Br2N2O. The van der Waals surface area contributed by atoms with Gasteiger partial charge in [0.1, 0.15) is 5.75 Å². The van der Waals surface area contributed by atoms with Gasteiger partial charge in [0.05, 0.1) is 18.8 Å². The van der Waals surface area contributed by atoms with E-state index in [2.05, 4.69) is 36.8 Å². The summed E-state index contributed by atoms with van der Waals surface area (Å²) in [5.41, 5.74) is 7.99. The van der Waals surface area contributed by atoms with E-state index in [1.54, 1.807) is 13.3 Å². The average Bonchev–Trinajstić information content (AvgIpc) is 2.38. The highest BCUT2D eigenvalue weighted by atomic mass is 79.9. The zero-order valence-corrected chi connectivity index (χ0v) is 12.9. The maximum atomic E-state index is 6.23. The van der Waals surface area contributed by atoms with Gasteiger partial charge in [0.15, 0.2) is 0 Å². The lowest BCUT2D eigenvalue weighted by atomic mass is 10.0. The van der Waals surface area contributed by atoms with E-state index in [0.717, 1.165) is 26.0 Å². The molecule has 1 aromatic heterocycles. The zero-order chi connectivity index (χ0) is 13.1. The van der Waals surface area contributed by atoms with Gasteiger partial charge < -0.3 is 10.5 Å². The summed E-state index contributed by atoms with van der Waals surface area (Å²) in [6, 6.07) is 9.33. The first-order chi connectivity index (χ1) is 8.61. The molecule has 0 aliphatic rings. The number of ether oxygens (including phenoxy) is 1. The molecule has 2 rings (SSSR count). The van der Waals surface area contributed by atoms with E-state index in [0.29, 0.717) is 0 Å². The Balaban J connectivity index is 2.37. The van der Waals surface area contributed by atoms with Crippen molar-refractivity contribution in [3.8, 4) is 5.75 Å². The fraction of sp³-hybridized carbons (Fsp3) is 0.154. The van der Waals surface area contributed by atoms with Gasteiger partial charge in [-0.15, -0.1) is 0 Å². The summed E-state index contributed by atoms with van der Waals surface area (Å²) < 4.78 is 6.99. The maximum absolute atomic E-state index is 6.23. The second kappa shape index (κ2) is 5.82. The van der Waals surface area contributed by atoms with Crippen LogP contribution in [0, 0.1) is 0 Å². The van der Waals surface area contributed by atoms with Crippen molar-refractivity contribution in [3.63, 3.8) is 0 Å². The van der Waals surface area contributed by atoms with Gasteiger partial charge >= 0.3 is 0 Å². The number of halogens is 2. The summed E-state index contributed by atoms with van der Waals surface area (Å²) in [7, 11) is 1.64. The molecule has 1 atom stereocenters. The second-order valence-corrected chi connectivity index (χ2v) is 5.54. The Kier molecular flexibility index (Phi) is 4.37. The SMILES string of the molecule is COc1cccc(C(N)c2ncc(Br)cc2Br)c1. The molecule has 0 amide bonds. The molecule has 0 radical (unpaired) electrons. The van der Waals surface area contributed by atoms with Gasteiger partial charge in [-0.25, -0.2) is 0 Å². The van der Waals surface area contributed by atoms with Crippen molar-refractivity contribution in [2.45, 2.75) is 6.04 Å². The number of aromatic nitrogens is 1. The Hall–Kier alpha value is -0.910. The number of pyridine rings is 1. The van der Waals surface area contributed by atoms with Crippen LogP contribution in [0.15, 0.2) is 45.5 Å². The van der Waals surface area contributed by atoms with Gasteiger partial charge in [-0.2, -0.15) is 0 Å². The van der Waals surface area contributed by atoms with E-state index < -0.39 is 0 Å². The minimum Gasteiger partial charge on any atom is -0.497 e. The van der Waals surface area contributed by atoms with E-state index in [4.69, 9.17) is 10.5 Å². The summed E-state index contributed by atoms with van der Waals surface area (Å²) in [6.45, 7) is 0. The van der Waals surface area contributed by atoms with Crippen molar-refractivity contribution in [3.05, 3.63) is 56.7 Å². The third-order valence-corrected chi connectivity index (χ3v) is 3.65.